The first kappa shape index (κ1) is 22.3. The van der Waals surface area contributed by atoms with Gasteiger partial charge in [0.1, 0.15) is 0 Å². The van der Waals surface area contributed by atoms with E-state index in [1.54, 1.807) is 41.3 Å². The second-order valence-electron chi connectivity index (χ2n) is 7.43. The third-order valence-electron chi connectivity index (χ3n) is 5.20. The van der Waals surface area contributed by atoms with Crippen LogP contribution >= 0.6 is 11.6 Å². The number of anilines is 1. The number of benzene rings is 2. The molecule has 2 aromatic carbocycles. The molecule has 0 aromatic heterocycles. The van der Waals surface area contributed by atoms with Gasteiger partial charge in [-0.2, -0.15) is 0 Å². The highest BCUT2D eigenvalue weighted by Gasteiger charge is 2.31. The van der Waals surface area contributed by atoms with E-state index in [4.69, 9.17) is 11.6 Å². The molecule has 8 heteroatoms. The van der Waals surface area contributed by atoms with Crippen molar-refractivity contribution < 1.29 is 18.0 Å². The molecule has 0 unspecified atom stereocenters. The van der Waals surface area contributed by atoms with E-state index >= 15 is 0 Å². The van der Waals surface area contributed by atoms with Crippen LogP contribution in [0.3, 0.4) is 0 Å². The minimum atomic E-state index is -3.61. The van der Waals surface area contributed by atoms with Crippen molar-refractivity contribution in [1.29, 1.82) is 0 Å². The Kier molecular flexibility index (Phi) is 6.83. The molecule has 0 saturated heterocycles. The Hall–Kier alpha value is -2.38. The van der Waals surface area contributed by atoms with Gasteiger partial charge in [-0.05, 0) is 54.8 Å². The van der Waals surface area contributed by atoms with Crippen LogP contribution in [0.5, 0.6) is 0 Å². The topological polar surface area (TPSA) is 83.6 Å². The predicted octanol–water partition coefficient (Wildman–Crippen LogP) is 3.51. The Morgan fingerprint density at radius 3 is 2.53 bits per heavy atom. The highest BCUT2D eigenvalue weighted by Crippen LogP contribution is 2.34. The predicted molar refractivity (Wildman–Crippen MR) is 117 cm³/mol. The maximum Gasteiger partial charge on any atom is 0.226 e. The van der Waals surface area contributed by atoms with Gasteiger partial charge in [0.05, 0.1) is 10.6 Å². The SMILES string of the molecule is CCC(=O)N1c2ccc(S(=O)(=O)CCC(=O)NCc3ccc(Cl)cc3)cc2C[C@@H]1C. The second-order valence-corrected chi connectivity index (χ2v) is 9.98. The molecular weight excluding hydrogens is 424 g/mol. The summed E-state index contributed by atoms with van der Waals surface area (Å²) in [5.41, 5.74) is 2.50. The van der Waals surface area contributed by atoms with E-state index in [0.717, 1.165) is 16.8 Å². The van der Waals surface area contributed by atoms with Gasteiger partial charge in [-0.3, -0.25) is 9.59 Å². The molecule has 1 aliphatic rings. The zero-order chi connectivity index (χ0) is 21.9. The van der Waals surface area contributed by atoms with E-state index in [9.17, 15) is 18.0 Å². The summed E-state index contributed by atoms with van der Waals surface area (Å²) in [5.74, 6) is -0.581. The first-order valence-corrected chi connectivity index (χ1v) is 11.9. The van der Waals surface area contributed by atoms with Crippen LogP contribution in [0, 0.1) is 0 Å². The summed E-state index contributed by atoms with van der Waals surface area (Å²) in [6.45, 7) is 4.07. The van der Waals surface area contributed by atoms with Gasteiger partial charge >= 0.3 is 0 Å². The maximum absolute atomic E-state index is 12.7. The number of halogens is 1. The lowest BCUT2D eigenvalue weighted by Gasteiger charge is -2.22. The fourth-order valence-corrected chi connectivity index (χ4v) is 5.00. The van der Waals surface area contributed by atoms with Crippen LogP contribution in [0.15, 0.2) is 47.4 Å². The summed E-state index contributed by atoms with van der Waals surface area (Å²) < 4.78 is 25.5. The molecule has 0 saturated carbocycles. The van der Waals surface area contributed by atoms with Crippen LogP contribution in [0.4, 0.5) is 5.69 Å². The highest BCUT2D eigenvalue weighted by molar-refractivity contribution is 7.91. The quantitative estimate of drug-likeness (QED) is 0.702. The summed E-state index contributed by atoms with van der Waals surface area (Å²) in [6.07, 6.45) is 0.894. The molecule has 6 nitrogen and oxygen atoms in total. The van der Waals surface area contributed by atoms with Gasteiger partial charge in [-0.1, -0.05) is 30.7 Å². The third kappa shape index (κ3) is 5.02. The number of hydrogen-bond acceptors (Lipinski definition) is 4. The average molecular weight is 449 g/mol. The van der Waals surface area contributed by atoms with Crippen LogP contribution in [-0.2, 0) is 32.4 Å². The summed E-state index contributed by atoms with van der Waals surface area (Å²) in [5, 5.41) is 3.34. The fraction of sp³-hybridized carbons (Fsp3) is 0.364. The van der Waals surface area contributed by atoms with Crippen molar-refractivity contribution in [1.82, 2.24) is 5.32 Å². The standard InChI is InChI=1S/C22H25ClN2O4S/c1-3-22(27)25-15(2)12-17-13-19(8-9-20(17)25)30(28,29)11-10-21(26)24-14-16-4-6-18(23)7-5-16/h4-9,13,15H,3,10-12,14H2,1-2H3,(H,24,26)/t15-/m0/s1. The summed E-state index contributed by atoms with van der Waals surface area (Å²) in [6, 6.07) is 11.9. The van der Waals surface area contributed by atoms with Gasteiger partial charge < -0.3 is 10.2 Å². The Labute approximate surface area is 182 Å². The molecule has 30 heavy (non-hydrogen) atoms. The van der Waals surface area contributed by atoms with Crippen molar-refractivity contribution in [3.63, 3.8) is 0 Å². The van der Waals surface area contributed by atoms with E-state index in [0.29, 0.717) is 24.4 Å². The maximum atomic E-state index is 12.7. The zero-order valence-electron chi connectivity index (χ0n) is 17.0. The molecule has 2 aromatic rings. The molecule has 1 atom stereocenters. The zero-order valence-corrected chi connectivity index (χ0v) is 18.6. The smallest absolute Gasteiger partial charge is 0.226 e. The largest absolute Gasteiger partial charge is 0.352 e. The van der Waals surface area contributed by atoms with Crippen LogP contribution in [0.2, 0.25) is 5.02 Å². The number of rotatable bonds is 7. The van der Waals surface area contributed by atoms with Crippen molar-refractivity contribution in [3.05, 3.63) is 58.6 Å². The number of nitrogens with zero attached hydrogens (tertiary/aromatic N) is 1. The molecule has 1 aliphatic heterocycles. The molecule has 0 aliphatic carbocycles. The second kappa shape index (κ2) is 9.18. The van der Waals surface area contributed by atoms with E-state index in [1.165, 1.54) is 6.07 Å². The molecule has 0 radical (unpaired) electrons. The number of nitrogens with one attached hydrogen (secondary N) is 1. The number of fused-ring (bicyclic) bond motifs is 1. The minimum absolute atomic E-state index is 0.00375. The molecule has 3 rings (SSSR count). The van der Waals surface area contributed by atoms with E-state index < -0.39 is 9.84 Å². The van der Waals surface area contributed by atoms with Crippen LogP contribution < -0.4 is 10.2 Å². The molecule has 0 spiro atoms. The molecule has 160 valence electrons. The Morgan fingerprint density at radius 2 is 1.87 bits per heavy atom. The van der Waals surface area contributed by atoms with Crippen molar-refractivity contribution in [2.24, 2.45) is 0 Å². The number of hydrogen-bond donors (Lipinski definition) is 1. The number of carbonyl (C=O) groups is 2. The summed E-state index contributed by atoms with van der Waals surface area (Å²) >= 11 is 5.83. The van der Waals surface area contributed by atoms with E-state index in [-0.39, 0.29) is 34.9 Å². The lowest BCUT2D eigenvalue weighted by atomic mass is 10.1. The Morgan fingerprint density at radius 1 is 1.17 bits per heavy atom. The van der Waals surface area contributed by atoms with Crippen molar-refractivity contribution >= 4 is 38.9 Å². The van der Waals surface area contributed by atoms with Crippen molar-refractivity contribution in [2.75, 3.05) is 10.7 Å². The van der Waals surface area contributed by atoms with E-state index in [2.05, 4.69) is 5.32 Å². The molecule has 1 N–H and O–H groups in total. The van der Waals surface area contributed by atoms with Gasteiger partial charge in [-0.15, -0.1) is 0 Å². The van der Waals surface area contributed by atoms with E-state index in [1.807, 2.05) is 13.8 Å². The molecular formula is C22H25ClN2O4S. The monoisotopic (exact) mass is 448 g/mol. The lowest BCUT2D eigenvalue weighted by molar-refractivity contribution is -0.121. The van der Waals surface area contributed by atoms with Gasteiger partial charge in [0.25, 0.3) is 0 Å². The first-order chi connectivity index (χ1) is 14.2. The van der Waals surface area contributed by atoms with Gasteiger partial charge in [-0.25, -0.2) is 8.42 Å². The summed E-state index contributed by atoms with van der Waals surface area (Å²) in [4.78, 5) is 26.2. The van der Waals surface area contributed by atoms with Gasteiger partial charge in [0, 0.05) is 36.1 Å². The number of sulfone groups is 1. The summed E-state index contributed by atoms with van der Waals surface area (Å²) in [7, 11) is -3.61. The van der Waals surface area contributed by atoms with Gasteiger partial charge in [0.15, 0.2) is 9.84 Å². The average Bonchev–Trinajstić information content (AvgIpc) is 3.06. The molecule has 1 heterocycles. The Bertz CT molecular complexity index is 1050. The highest BCUT2D eigenvalue weighted by atomic mass is 35.5. The minimum Gasteiger partial charge on any atom is -0.352 e. The van der Waals surface area contributed by atoms with Crippen LogP contribution in [0.25, 0.3) is 0 Å². The lowest BCUT2D eigenvalue weighted by Crippen LogP contribution is -2.35. The fourth-order valence-electron chi connectivity index (χ4n) is 3.59. The first-order valence-electron chi connectivity index (χ1n) is 9.90. The molecule has 0 bridgehead atoms. The molecule has 0 fully saturated rings. The number of amides is 2. The third-order valence-corrected chi connectivity index (χ3v) is 7.16. The van der Waals surface area contributed by atoms with Gasteiger partial charge in [0.2, 0.25) is 11.8 Å². The normalized spacial score (nSPS) is 15.7. The van der Waals surface area contributed by atoms with Crippen LogP contribution in [-0.4, -0.2) is 32.0 Å². The Balaban J connectivity index is 1.62. The van der Waals surface area contributed by atoms with Crippen molar-refractivity contribution in [3.8, 4) is 0 Å². The van der Waals surface area contributed by atoms with Crippen molar-refractivity contribution in [2.45, 2.75) is 50.6 Å². The number of carbonyl (C=O) groups excluding carboxylic acids is 2. The molecule has 2 amide bonds. The van der Waals surface area contributed by atoms with Crippen LogP contribution in [0.1, 0.15) is 37.8 Å².